The van der Waals surface area contributed by atoms with Crippen molar-refractivity contribution in [3.05, 3.63) is 52.5 Å². The summed E-state index contributed by atoms with van der Waals surface area (Å²) < 4.78 is 26.1. The molecule has 3 rings (SSSR count). The molecule has 2 aromatic carbocycles. The molecule has 9 heteroatoms. The molecule has 0 aliphatic heterocycles. The van der Waals surface area contributed by atoms with E-state index in [9.17, 15) is 13.2 Å². The van der Waals surface area contributed by atoms with Gasteiger partial charge in [-0.2, -0.15) is 0 Å². The van der Waals surface area contributed by atoms with E-state index in [0.717, 1.165) is 29.4 Å². The third kappa shape index (κ3) is 4.83. The van der Waals surface area contributed by atoms with E-state index in [1.165, 1.54) is 23.9 Å². The van der Waals surface area contributed by atoms with Crippen molar-refractivity contribution in [3.63, 3.8) is 0 Å². The summed E-state index contributed by atoms with van der Waals surface area (Å²) in [6.07, 6.45) is 1.96. The molecule has 2 N–H and O–H groups in total. The minimum absolute atomic E-state index is 0.00521. The number of thioether (sulfide) groups is 1. The van der Waals surface area contributed by atoms with E-state index >= 15 is 0 Å². The average Bonchev–Trinajstić information content (AvgIpc) is 3.00. The fourth-order valence-electron chi connectivity index (χ4n) is 2.78. The van der Waals surface area contributed by atoms with E-state index in [2.05, 4.69) is 27.8 Å². The van der Waals surface area contributed by atoms with Crippen LogP contribution in [0.4, 0.5) is 0 Å². The van der Waals surface area contributed by atoms with Gasteiger partial charge in [0.2, 0.25) is 10.0 Å². The van der Waals surface area contributed by atoms with E-state index < -0.39 is 10.0 Å². The number of sulfonamides is 1. The molecule has 0 spiro atoms. The number of nitrogens with zero attached hydrogens (tertiary/aromatic N) is 2. The van der Waals surface area contributed by atoms with Gasteiger partial charge in [-0.3, -0.25) is 4.79 Å². The summed E-state index contributed by atoms with van der Waals surface area (Å²) in [5, 5.41) is 5.92. The smallest absolute Gasteiger partial charge is 0.238 e. The Balaban J connectivity index is 1.91. The fourth-order valence-corrected chi connectivity index (χ4v) is 4.65. The zero-order valence-electron chi connectivity index (χ0n) is 15.3. The van der Waals surface area contributed by atoms with Gasteiger partial charge >= 0.3 is 0 Å². The molecule has 0 bridgehead atoms. The zero-order chi connectivity index (χ0) is 20.3. The Bertz CT molecular complexity index is 1130. The van der Waals surface area contributed by atoms with Crippen LogP contribution >= 0.6 is 27.7 Å². The summed E-state index contributed by atoms with van der Waals surface area (Å²) in [4.78, 5) is 17.1. The number of nitrogens with two attached hydrogens (primary N) is 1. The van der Waals surface area contributed by atoms with E-state index in [1.807, 2.05) is 16.7 Å². The van der Waals surface area contributed by atoms with Gasteiger partial charge < -0.3 is 4.57 Å². The monoisotopic (exact) mass is 481 g/mol. The minimum atomic E-state index is -3.80. The van der Waals surface area contributed by atoms with Gasteiger partial charge in [0.05, 0.1) is 21.7 Å². The normalized spacial score (nSPS) is 11.8. The molecule has 0 amide bonds. The average molecular weight is 482 g/mol. The number of rotatable bonds is 8. The highest BCUT2D eigenvalue weighted by Gasteiger charge is 2.16. The highest BCUT2D eigenvalue weighted by Crippen LogP contribution is 2.27. The van der Waals surface area contributed by atoms with E-state index in [-0.39, 0.29) is 16.4 Å². The Morgan fingerprint density at radius 3 is 2.71 bits per heavy atom. The summed E-state index contributed by atoms with van der Waals surface area (Å²) in [6, 6.07) is 12.0. The first-order chi connectivity index (χ1) is 13.3. The number of ketones is 1. The molecule has 0 aliphatic carbocycles. The van der Waals surface area contributed by atoms with Crippen molar-refractivity contribution in [2.24, 2.45) is 5.14 Å². The molecule has 0 radical (unpaired) electrons. The number of carbonyl (C=O) groups excluding carboxylic acids is 1. The molecule has 0 atom stereocenters. The predicted octanol–water partition coefficient (Wildman–Crippen LogP) is 4.22. The van der Waals surface area contributed by atoms with E-state index in [1.54, 1.807) is 18.2 Å². The Labute approximate surface area is 176 Å². The number of carbonyl (C=O) groups is 1. The van der Waals surface area contributed by atoms with Crippen LogP contribution < -0.4 is 5.14 Å². The molecule has 6 nitrogen and oxygen atoms in total. The van der Waals surface area contributed by atoms with Crippen LogP contribution in [0.5, 0.6) is 0 Å². The molecule has 0 unspecified atom stereocenters. The first-order valence-corrected chi connectivity index (χ1v) is 12.1. The van der Waals surface area contributed by atoms with Gasteiger partial charge in [-0.05, 0) is 36.8 Å². The molecule has 148 valence electrons. The number of aryl methyl sites for hydroxylation is 1. The summed E-state index contributed by atoms with van der Waals surface area (Å²) in [7, 11) is -3.80. The molecule has 0 saturated carbocycles. The first kappa shape index (κ1) is 21.0. The maximum Gasteiger partial charge on any atom is 0.238 e. The van der Waals surface area contributed by atoms with Crippen LogP contribution in [0.1, 0.15) is 30.1 Å². The lowest BCUT2D eigenvalue weighted by molar-refractivity contribution is 0.102. The molecular formula is C19H20BrN3O3S2. The summed E-state index contributed by atoms with van der Waals surface area (Å²) in [5.41, 5.74) is 2.02. The van der Waals surface area contributed by atoms with Gasteiger partial charge in [-0.25, -0.2) is 18.5 Å². The maximum atomic E-state index is 12.5. The second-order valence-electron chi connectivity index (χ2n) is 6.32. The van der Waals surface area contributed by atoms with Crippen LogP contribution in [0.25, 0.3) is 11.0 Å². The Morgan fingerprint density at radius 2 is 2.04 bits per heavy atom. The van der Waals surface area contributed by atoms with Gasteiger partial charge in [0.25, 0.3) is 0 Å². The molecule has 1 aromatic heterocycles. The number of unbranched alkanes of at least 4 members (excludes halogenated alkanes) is 1. The van der Waals surface area contributed by atoms with Gasteiger partial charge in [0, 0.05) is 16.6 Å². The molecular weight excluding hydrogens is 462 g/mol. The number of halogens is 1. The number of Topliss-reactive ketones (excluding diaryl/α,β-unsaturated/α-hetero) is 1. The summed E-state index contributed by atoms with van der Waals surface area (Å²) >= 11 is 4.73. The molecule has 28 heavy (non-hydrogen) atoms. The lowest BCUT2D eigenvalue weighted by atomic mass is 10.2. The Morgan fingerprint density at radius 1 is 1.25 bits per heavy atom. The van der Waals surface area contributed by atoms with Crippen LogP contribution in [0.3, 0.4) is 0 Å². The third-order valence-electron chi connectivity index (χ3n) is 4.23. The first-order valence-electron chi connectivity index (χ1n) is 8.74. The van der Waals surface area contributed by atoms with Crippen molar-refractivity contribution in [1.29, 1.82) is 0 Å². The number of hydrogen-bond acceptors (Lipinski definition) is 5. The van der Waals surface area contributed by atoms with Crippen molar-refractivity contribution in [3.8, 4) is 0 Å². The number of hydrogen-bond donors (Lipinski definition) is 1. The van der Waals surface area contributed by atoms with Crippen molar-refractivity contribution < 1.29 is 13.2 Å². The number of primary sulfonamides is 1. The fraction of sp³-hybridized carbons (Fsp3) is 0.263. The van der Waals surface area contributed by atoms with Crippen molar-refractivity contribution >= 4 is 54.5 Å². The van der Waals surface area contributed by atoms with E-state index in [0.29, 0.717) is 16.2 Å². The van der Waals surface area contributed by atoms with Crippen molar-refractivity contribution in [2.75, 3.05) is 5.75 Å². The van der Waals surface area contributed by atoms with Crippen LogP contribution in [0.15, 0.2) is 57.0 Å². The minimum Gasteiger partial charge on any atom is -0.319 e. The van der Waals surface area contributed by atoms with Crippen LogP contribution in [0, 0.1) is 0 Å². The topological polar surface area (TPSA) is 95.0 Å². The quantitative estimate of drug-likeness (QED) is 0.383. The van der Waals surface area contributed by atoms with Crippen LogP contribution in [-0.2, 0) is 16.6 Å². The van der Waals surface area contributed by atoms with Gasteiger partial charge in [0.15, 0.2) is 10.9 Å². The second-order valence-corrected chi connectivity index (χ2v) is 9.74. The largest absolute Gasteiger partial charge is 0.319 e. The van der Waals surface area contributed by atoms with Gasteiger partial charge in [-0.1, -0.05) is 53.2 Å². The maximum absolute atomic E-state index is 12.5. The molecule has 3 aromatic rings. The predicted molar refractivity (Wildman–Crippen MR) is 115 cm³/mol. The number of fused-ring (bicyclic) bond motifs is 1. The molecule has 0 saturated heterocycles. The molecule has 0 aliphatic rings. The zero-order valence-corrected chi connectivity index (χ0v) is 18.5. The van der Waals surface area contributed by atoms with Gasteiger partial charge in [0.1, 0.15) is 0 Å². The highest BCUT2D eigenvalue weighted by molar-refractivity contribution is 9.10. The molecule has 0 fully saturated rings. The van der Waals surface area contributed by atoms with Crippen molar-refractivity contribution in [1.82, 2.24) is 9.55 Å². The summed E-state index contributed by atoms with van der Waals surface area (Å²) in [5.74, 6) is 0.249. The third-order valence-corrected chi connectivity index (χ3v) is 6.61. The lowest BCUT2D eigenvalue weighted by Crippen LogP contribution is -2.11. The lowest BCUT2D eigenvalue weighted by Gasteiger charge is -2.08. The summed E-state index contributed by atoms with van der Waals surface area (Å²) in [6.45, 7) is 2.84. The highest BCUT2D eigenvalue weighted by atomic mass is 79.9. The van der Waals surface area contributed by atoms with Crippen molar-refractivity contribution in [2.45, 2.75) is 36.4 Å². The standard InChI is InChI=1S/C19H20BrN3O3S2/c1-2-3-9-23-17-8-7-15(28(21,25)26)11-16(17)22-19(23)27-12-18(24)13-5-4-6-14(20)10-13/h4-8,10-11H,2-3,9,12H2,1H3,(H2,21,25,26). The number of benzene rings is 2. The van der Waals surface area contributed by atoms with Gasteiger partial charge in [-0.15, -0.1) is 0 Å². The second kappa shape index (κ2) is 8.77. The van der Waals surface area contributed by atoms with E-state index in [4.69, 9.17) is 5.14 Å². The Hall–Kier alpha value is -1.68. The Kier molecular flexibility index (Phi) is 6.59. The number of imidazole rings is 1. The number of aromatic nitrogens is 2. The molecule has 1 heterocycles. The van der Waals surface area contributed by atoms with Crippen LogP contribution in [-0.4, -0.2) is 29.5 Å². The SMILES string of the molecule is CCCCn1c(SCC(=O)c2cccc(Br)c2)nc2cc(S(N)(=O)=O)ccc21. The van der Waals surface area contributed by atoms with Crippen LogP contribution in [0.2, 0.25) is 0 Å².